The second-order valence-corrected chi connectivity index (χ2v) is 5.42. The molecule has 0 aliphatic carbocycles. The van der Waals surface area contributed by atoms with Gasteiger partial charge >= 0.3 is 0 Å². The van der Waals surface area contributed by atoms with Crippen LogP contribution in [-0.2, 0) is 16.4 Å². The van der Waals surface area contributed by atoms with Crippen molar-refractivity contribution in [2.24, 2.45) is 0 Å². The fourth-order valence-electron chi connectivity index (χ4n) is 1.08. The number of nitrogens with zero attached hydrogens (tertiary/aromatic N) is 2. The zero-order chi connectivity index (χ0) is 11.5. The molecule has 0 atom stereocenters. The van der Waals surface area contributed by atoms with Crippen molar-refractivity contribution in [1.82, 2.24) is 4.31 Å². The van der Waals surface area contributed by atoms with E-state index in [2.05, 4.69) is 0 Å². The van der Waals surface area contributed by atoms with Crippen LogP contribution in [0.4, 0.5) is 0 Å². The highest BCUT2D eigenvalue weighted by molar-refractivity contribution is 7.89. The number of rotatable bonds is 3. The fourth-order valence-corrected chi connectivity index (χ4v) is 1.98. The van der Waals surface area contributed by atoms with E-state index in [1.54, 1.807) is 12.1 Å². The molecule has 0 unspecified atom stereocenters. The van der Waals surface area contributed by atoms with E-state index in [9.17, 15) is 8.42 Å². The van der Waals surface area contributed by atoms with Crippen LogP contribution >= 0.6 is 0 Å². The monoisotopic (exact) mass is 224 g/mol. The number of hydrogen-bond donors (Lipinski definition) is 0. The van der Waals surface area contributed by atoms with Gasteiger partial charge in [0.1, 0.15) is 0 Å². The van der Waals surface area contributed by atoms with Gasteiger partial charge in [0.2, 0.25) is 10.0 Å². The van der Waals surface area contributed by atoms with Crippen LogP contribution < -0.4 is 0 Å². The Morgan fingerprint density at radius 3 is 2.20 bits per heavy atom. The second-order valence-electron chi connectivity index (χ2n) is 3.27. The molecule has 0 aliphatic rings. The lowest BCUT2D eigenvalue weighted by atomic mass is 10.2. The highest BCUT2D eigenvalue weighted by Crippen LogP contribution is 2.13. The summed E-state index contributed by atoms with van der Waals surface area (Å²) in [6, 6.07) is 8.34. The van der Waals surface area contributed by atoms with Gasteiger partial charge in [-0.15, -0.1) is 0 Å². The van der Waals surface area contributed by atoms with E-state index >= 15 is 0 Å². The first-order valence-electron chi connectivity index (χ1n) is 4.37. The van der Waals surface area contributed by atoms with Crippen LogP contribution in [0.1, 0.15) is 5.56 Å². The van der Waals surface area contributed by atoms with E-state index < -0.39 is 10.0 Å². The molecule has 0 N–H and O–H groups in total. The molecule has 0 spiro atoms. The van der Waals surface area contributed by atoms with Crippen LogP contribution in [0.2, 0.25) is 0 Å². The molecule has 0 heterocycles. The molecule has 0 aliphatic heterocycles. The summed E-state index contributed by atoms with van der Waals surface area (Å²) in [6.45, 7) is 0. The highest BCUT2D eigenvalue weighted by atomic mass is 32.2. The predicted octanol–water partition coefficient (Wildman–Crippen LogP) is 1.00. The molecule has 1 aromatic carbocycles. The smallest absolute Gasteiger partial charge is 0.207 e. The average Bonchev–Trinajstić information content (AvgIpc) is 2.19. The van der Waals surface area contributed by atoms with E-state index in [0.29, 0.717) is 6.42 Å². The summed E-state index contributed by atoms with van der Waals surface area (Å²) in [6.07, 6.45) is 0.294. The van der Waals surface area contributed by atoms with Gasteiger partial charge in [0.15, 0.2) is 0 Å². The summed E-state index contributed by atoms with van der Waals surface area (Å²) in [4.78, 5) is 0.245. The van der Waals surface area contributed by atoms with Crippen LogP contribution in [0.25, 0.3) is 0 Å². The van der Waals surface area contributed by atoms with Gasteiger partial charge in [-0.2, -0.15) is 5.26 Å². The Kier molecular flexibility index (Phi) is 3.45. The molecule has 0 saturated carbocycles. The second kappa shape index (κ2) is 4.43. The topological polar surface area (TPSA) is 61.2 Å². The maximum atomic E-state index is 11.7. The predicted molar refractivity (Wildman–Crippen MR) is 56.6 cm³/mol. The van der Waals surface area contributed by atoms with E-state index in [0.717, 1.165) is 9.87 Å². The number of nitriles is 1. The number of hydrogen-bond acceptors (Lipinski definition) is 3. The summed E-state index contributed by atoms with van der Waals surface area (Å²) in [5, 5.41) is 8.46. The normalized spacial score (nSPS) is 11.3. The Labute approximate surface area is 89.8 Å². The minimum Gasteiger partial charge on any atom is -0.207 e. The van der Waals surface area contributed by atoms with Gasteiger partial charge in [0.25, 0.3) is 0 Å². The van der Waals surface area contributed by atoms with Crippen molar-refractivity contribution in [2.75, 3.05) is 14.1 Å². The van der Waals surface area contributed by atoms with Crippen molar-refractivity contribution in [1.29, 1.82) is 5.26 Å². The zero-order valence-corrected chi connectivity index (χ0v) is 9.45. The quantitative estimate of drug-likeness (QED) is 0.769. The van der Waals surface area contributed by atoms with E-state index in [-0.39, 0.29) is 4.90 Å². The van der Waals surface area contributed by atoms with Gasteiger partial charge in [-0.3, -0.25) is 0 Å². The molecule has 0 bridgehead atoms. The Morgan fingerprint density at radius 2 is 1.80 bits per heavy atom. The molecule has 0 amide bonds. The molecule has 4 nitrogen and oxygen atoms in total. The molecular weight excluding hydrogens is 212 g/mol. The van der Waals surface area contributed by atoms with Crippen molar-refractivity contribution in [3.05, 3.63) is 29.8 Å². The van der Waals surface area contributed by atoms with Crippen LogP contribution in [0, 0.1) is 11.3 Å². The van der Waals surface area contributed by atoms with Crippen molar-refractivity contribution in [2.45, 2.75) is 11.3 Å². The maximum absolute atomic E-state index is 11.7. The van der Waals surface area contributed by atoms with Gasteiger partial charge in [-0.1, -0.05) is 12.1 Å². The highest BCUT2D eigenvalue weighted by Gasteiger charge is 2.16. The first-order valence-corrected chi connectivity index (χ1v) is 5.81. The summed E-state index contributed by atoms with van der Waals surface area (Å²) in [5.41, 5.74) is 0.815. The molecule has 0 saturated heterocycles. The molecule has 15 heavy (non-hydrogen) atoms. The van der Waals surface area contributed by atoms with Crippen molar-refractivity contribution in [3.63, 3.8) is 0 Å². The van der Waals surface area contributed by atoms with E-state index in [1.807, 2.05) is 6.07 Å². The summed E-state index contributed by atoms with van der Waals surface area (Å²) >= 11 is 0. The summed E-state index contributed by atoms with van der Waals surface area (Å²) in [7, 11) is -0.389. The van der Waals surface area contributed by atoms with Crippen molar-refractivity contribution < 1.29 is 8.42 Å². The number of benzene rings is 1. The molecule has 5 heteroatoms. The fraction of sp³-hybridized carbons (Fsp3) is 0.300. The van der Waals surface area contributed by atoms with E-state index in [1.165, 1.54) is 26.2 Å². The number of sulfonamides is 1. The average molecular weight is 224 g/mol. The van der Waals surface area contributed by atoms with Gasteiger partial charge in [0.05, 0.1) is 17.4 Å². The standard InChI is InChI=1S/C10H12N2O2S/c1-12(2)15(13,14)10-5-3-9(4-6-10)7-8-11/h3-6H,7H2,1-2H3. The molecule has 0 radical (unpaired) electrons. The first-order chi connectivity index (χ1) is 6.98. The lowest BCUT2D eigenvalue weighted by molar-refractivity contribution is 0.520. The summed E-state index contributed by atoms with van der Waals surface area (Å²) in [5.74, 6) is 0. The van der Waals surface area contributed by atoms with Crippen LogP contribution in [-0.4, -0.2) is 26.8 Å². The Hall–Kier alpha value is -1.38. The Bertz CT molecular complexity index is 469. The lowest BCUT2D eigenvalue weighted by Gasteiger charge is -2.11. The van der Waals surface area contributed by atoms with Crippen molar-refractivity contribution in [3.8, 4) is 6.07 Å². The van der Waals surface area contributed by atoms with Crippen LogP contribution in [0.15, 0.2) is 29.2 Å². The Balaban J connectivity index is 3.06. The third-order valence-corrected chi connectivity index (χ3v) is 3.81. The molecule has 80 valence electrons. The molecule has 1 rings (SSSR count). The van der Waals surface area contributed by atoms with Crippen LogP contribution in [0.3, 0.4) is 0 Å². The third-order valence-electron chi connectivity index (χ3n) is 1.99. The Morgan fingerprint density at radius 1 is 1.27 bits per heavy atom. The lowest BCUT2D eigenvalue weighted by Crippen LogP contribution is -2.22. The zero-order valence-electron chi connectivity index (χ0n) is 8.64. The molecule has 0 aromatic heterocycles. The first kappa shape index (κ1) is 11.7. The maximum Gasteiger partial charge on any atom is 0.242 e. The molecule has 1 aromatic rings. The van der Waals surface area contributed by atoms with E-state index in [4.69, 9.17) is 5.26 Å². The van der Waals surface area contributed by atoms with Gasteiger partial charge in [-0.25, -0.2) is 12.7 Å². The minimum atomic E-state index is -3.36. The minimum absolute atomic E-state index is 0.245. The SMILES string of the molecule is CN(C)S(=O)(=O)c1ccc(CC#N)cc1. The van der Waals surface area contributed by atoms with Gasteiger partial charge in [0, 0.05) is 14.1 Å². The molecular formula is C10H12N2O2S. The van der Waals surface area contributed by atoms with Crippen molar-refractivity contribution >= 4 is 10.0 Å². The van der Waals surface area contributed by atoms with Crippen LogP contribution in [0.5, 0.6) is 0 Å². The summed E-state index contributed by atoms with van der Waals surface area (Å²) < 4.78 is 24.5. The van der Waals surface area contributed by atoms with Gasteiger partial charge < -0.3 is 0 Å². The third kappa shape index (κ3) is 2.55. The molecule has 0 fully saturated rings. The largest absolute Gasteiger partial charge is 0.242 e. The van der Waals surface area contributed by atoms with Gasteiger partial charge in [-0.05, 0) is 17.7 Å².